The first-order valence-electron chi connectivity index (χ1n) is 9.28. The molecule has 27 heavy (non-hydrogen) atoms. The quantitative estimate of drug-likeness (QED) is 0.219. The number of hydrogen-bond donors (Lipinski definition) is 3. The second-order valence-corrected chi connectivity index (χ2v) is 7.08. The first kappa shape index (κ1) is 25.0. The zero-order chi connectivity index (χ0) is 21.1. The minimum Gasteiger partial charge on any atom is -0.504 e. The molecule has 152 valence electrons. The number of Topliss-reactive ketones (excluding diaryl/α,β-unsaturated/α-hetero) is 2. The minimum absolute atomic E-state index is 0.00261. The number of carbonyl (C=O) groups excluding carboxylic acids is 2. The van der Waals surface area contributed by atoms with E-state index in [0.717, 1.165) is 11.1 Å². The summed E-state index contributed by atoms with van der Waals surface area (Å²) in [7, 11) is 0. The average molecular weight is 379 g/mol. The summed E-state index contributed by atoms with van der Waals surface area (Å²) in [5.74, 6) is -1.54. The highest BCUT2D eigenvalue weighted by Crippen LogP contribution is 2.15. The first-order valence-corrected chi connectivity index (χ1v) is 9.28. The van der Waals surface area contributed by atoms with Gasteiger partial charge in [-0.15, -0.1) is 0 Å². The van der Waals surface area contributed by atoms with Crippen LogP contribution in [0.25, 0.3) is 0 Å². The Morgan fingerprint density at radius 2 is 1.67 bits per heavy atom. The summed E-state index contributed by atoms with van der Waals surface area (Å²) in [4.78, 5) is 23.0. The molecule has 0 aliphatic carbocycles. The minimum atomic E-state index is -0.836. The van der Waals surface area contributed by atoms with Crippen LogP contribution < -0.4 is 0 Å². The van der Waals surface area contributed by atoms with Crippen molar-refractivity contribution in [2.45, 2.75) is 73.0 Å². The molecule has 3 N–H and O–H groups in total. The molecule has 0 aliphatic heterocycles. The second-order valence-electron chi connectivity index (χ2n) is 7.08. The van der Waals surface area contributed by atoms with Crippen molar-refractivity contribution in [3.05, 3.63) is 46.8 Å². The largest absolute Gasteiger partial charge is 0.504 e. The SMILES string of the molecule is C/C=C(\C)C(O)C(C)/C=C/C=C(\C)CCC(O)CC(=O)C(C)=C(O)C(C)=O. The van der Waals surface area contributed by atoms with Crippen LogP contribution in [0.4, 0.5) is 0 Å². The lowest BCUT2D eigenvalue weighted by Gasteiger charge is -2.15. The Morgan fingerprint density at radius 1 is 1.07 bits per heavy atom. The number of ketones is 2. The van der Waals surface area contributed by atoms with Gasteiger partial charge in [-0.25, -0.2) is 0 Å². The van der Waals surface area contributed by atoms with Crippen LogP contribution in [-0.4, -0.2) is 39.1 Å². The molecule has 0 spiro atoms. The molecule has 0 aromatic rings. The van der Waals surface area contributed by atoms with Crippen molar-refractivity contribution in [2.24, 2.45) is 5.92 Å². The van der Waals surface area contributed by atoms with Gasteiger partial charge in [0.25, 0.3) is 0 Å². The van der Waals surface area contributed by atoms with Crippen LogP contribution in [0.1, 0.15) is 60.8 Å². The molecule has 0 saturated heterocycles. The fourth-order valence-corrected chi connectivity index (χ4v) is 2.43. The zero-order valence-electron chi connectivity index (χ0n) is 17.3. The molecule has 0 aromatic carbocycles. The maximum atomic E-state index is 12.0. The number of rotatable bonds is 11. The molecule has 0 heterocycles. The van der Waals surface area contributed by atoms with Gasteiger partial charge in [0.15, 0.2) is 17.3 Å². The van der Waals surface area contributed by atoms with E-state index in [1.165, 1.54) is 13.8 Å². The number of allylic oxidation sites excluding steroid dienone is 6. The van der Waals surface area contributed by atoms with E-state index < -0.39 is 29.5 Å². The molecular weight excluding hydrogens is 344 g/mol. The predicted molar refractivity (Wildman–Crippen MR) is 108 cm³/mol. The van der Waals surface area contributed by atoms with Crippen LogP contribution >= 0.6 is 0 Å². The van der Waals surface area contributed by atoms with Crippen LogP contribution in [0.15, 0.2) is 46.8 Å². The van der Waals surface area contributed by atoms with E-state index in [-0.39, 0.29) is 17.9 Å². The number of carbonyl (C=O) groups is 2. The second kappa shape index (κ2) is 12.4. The third kappa shape index (κ3) is 9.50. The van der Waals surface area contributed by atoms with E-state index >= 15 is 0 Å². The highest BCUT2D eigenvalue weighted by molar-refractivity contribution is 6.03. The molecule has 5 nitrogen and oxygen atoms in total. The van der Waals surface area contributed by atoms with E-state index in [9.17, 15) is 24.9 Å². The van der Waals surface area contributed by atoms with Gasteiger partial charge in [-0.2, -0.15) is 0 Å². The van der Waals surface area contributed by atoms with Crippen LogP contribution in [-0.2, 0) is 9.59 Å². The smallest absolute Gasteiger partial charge is 0.194 e. The third-order valence-electron chi connectivity index (χ3n) is 4.62. The Bertz CT molecular complexity index is 637. The van der Waals surface area contributed by atoms with Crippen LogP contribution in [0.5, 0.6) is 0 Å². The van der Waals surface area contributed by atoms with Gasteiger partial charge in [0.05, 0.1) is 12.2 Å². The highest BCUT2D eigenvalue weighted by atomic mass is 16.3. The van der Waals surface area contributed by atoms with Crippen LogP contribution in [0.2, 0.25) is 0 Å². The van der Waals surface area contributed by atoms with Crippen molar-refractivity contribution < 1.29 is 24.9 Å². The van der Waals surface area contributed by atoms with Crippen LogP contribution in [0, 0.1) is 5.92 Å². The van der Waals surface area contributed by atoms with Crippen molar-refractivity contribution in [1.29, 1.82) is 0 Å². The molecule has 0 aromatic heterocycles. The first-order chi connectivity index (χ1) is 12.5. The molecule has 0 fully saturated rings. The van der Waals surface area contributed by atoms with Gasteiger partial charge in [-0.1, -0.05) is 36.8 Å². The van der Waals surface area contributed by atoms with Gasteiger partial charge in [0.2, 0.25) is 0 Å². The molecule has 0 rings (SSSR count). The Balaban J connectivity index is 4.56. The molecule has 3 atom stereocenters. The van der Waals surface area contributed by atoms with Gasteiger partial charge < -0.3 is 15.3 Å². The lowest BCUT2D eigenvalue weighted by atomic mass is 9.97. The number of aliphatic hydroxyl groups excluding tert-OH is 3. The summed E-state index contributed by atoms with van der Waals surface area (Å²) < 4.78 is 0. The normalized spacial score (nSPS) is 17.5. The van der Waals surface area contributed by atoms with Crippen molar-refractivity contribution in [3.8, 4) is 0 Å². The van der Waals surface area contributed by atoms with Crippen molar-refractivity contribution >= 4 is 11.6 Å². The summed E-state index contributed by atoms with van der Waals surface area (Å²) in [6.07, 6.45) is 7.20. The van der Waals surface area contributed by atoms with E-state index in [0.29, 0.717) is 12.8 Å². The van der Waals surface area contributed by atoms with Crippen molar-refractivity contribution in [2.75, 3.05) is 0 Å². The molecule has 0 saturated carbocycles. The molecular formula is C22H34O5. The van der Waals surface area contributed by atoms with Gasteiger partial charge in [-0.05, 0) is 46.1 Å². The van der Waals surface area contributed by atoms with Gasteiger partial charge in [-0.3, -0.25) is 9.59 Å². The van der Waals surface area contributed by atoms with Crippen molar-refractivity contribution in [1.82, 2.24) is 0 Å². The highest BCUT2D eigenvalue weighted by Gasteiger charge is 2.17. The molecule has 0 aliphatic rings. The topological polar surface area (TPSA) is 94.8 Å². The number of hydrogen-bond acceptors (Lipinski definition) is 5. The van der Waals surface area contributed by atoms with Gasteiger partial charge >= 0.3 is 0 Å². The molecule has 0 bridgehead atoms. The van der Waals surface area contributed by atoms with E-state index in [2.05, 4.69) is 0 Å². The van der Waals surface area contributed by atoms with Crippen molar-refractivity contribution in [3.63, 3.8) is 0 Å². The maximum Gasteiger partial charge on any atom is 0.194 e. The summed E-state index contributed by atoms with van der Waals surface area (Å²) in [5, 5.41) is 29.6. The predicted octanol–water partition coefficient (Wildman–Crippen LogP) is 3.97. The Hall–Kier alpha value is -1.98. The fourth-order valence-electron chi connectivity index (χ4n) is 2.43. The Morgan fingerprint density at radius 3 is 2.19 bits per heavy atom. The standard InChI is InChI=1S/C22H34O5/c1-7-15(3)21(26)16(4)10-8-9-14(2)11-12-19(24)13-20(25)17(5)22(27)18(6)23/h7-10,16,19,21,24,26-27H,11-13H2,1-6H3/b10-8+,14-9+,15-7+,22-17?. The fraction of sp³-hybridized carbons (Fsp3) is 0.545. The molecule has 3 unspecified atom stereocenters. The monoisotopic (exact) mass is 378 g/mol. The Labute approximate surface area is 162 Å². The van der Waals surface area contributed by atoms with Crippen LogP contribution in [0.3, 0.4) is 0 Å². The third-order valence-corrected chi connectivity index (χ3v) is 4.62. The average Bonchev–Trinajstić information content (AvgIpc) is 2.63. The Kier molecular flexibility index (Phi) is 11.5. The van der Waals surface area contributed by atoms with E-state index in [4.69, 9.17) is 0 Å². The summed E-state index contributed by atoms with van der Waals surface area (Å²) in [6, 6.07) is 0. The van der Waals surface area contributed by atoms with E-state index in [1.54, 1.807) is 0 Å². The summed E-state index contributed by atoms with van der Waals surface area (Å²) >= 11 is 0. The zero-order valence-corrected chi connectivity index (χ0v) is 17.3. The van der Waals surface area contributed by atoms with Gasteiger partial charge in [0, 0.05) is 24.8 Å². The summed E-state index contributed by atoms with van der Waals surface area (Å²) in [6.45, 7) is 10.2. The van der Waals surface area contributed by atoms with E-state index in [1.807, 2.05) is 52.0 Å². The summed E-state index contributed by atoms with van der Waals surface area (Å²) in [5.41, 5.74) is 1.96. The lowest BCUT2D eigenvalue weighted by molar-refractivity contribution is -0.120. The van der Waals surface area contributed by atoms with Gasteiger partial charge in [0.1, 0.15) is 0 Å². The lowest BCUT2D eigenvalue weighted by Crippen LogP contribution is -2.16. The number of aliphatic hydroxyl groups is 3. The maximum absolute atomic E-state index is 12.0. The molecule has 0 amide bonds. The molecule has 5 heteroatoms. The molecule has 0 radical (unpaired) electrons.